The third kappa shape index (κ3) is 3.36. The van der Waals surface area contributed by atoms with Gasteiger partial charge in [-0.3, -0.25) is 4.79 Å². The van der Waals surface area contributed by atoms with Gasteiger partial charge in [0.25, 0.3) is 5.91 Å². The SMILES string of the molecule is Cl.NCC1CCCCN1C(=O)c1ccccc1I. The lowest BCUT2D eigenvalue weighted by Crippen LogP contribution is -2.47. The van der Waals surface area contributed by atoms with Crippen LogP contribution in [0, 0.1) is 3.57 Å². The number of amides is 1. The maximum atomic E-state index is 12.5. The number of rotatable bonds is 2. The number of halogens is 2. The molecule has 1 aromatic rings. The molecule has 0 aliphatic carbocycles. The first kappa shape index (κ1) is 15.7. The van der Waals surface area contributed by atoms with Gasteiger partial charge in [0.2, 0.25) is 0 Å². The zero-order chi connectivity index (χ0) is 12.3. The van der Waals surface area contributed by atoms with Gasteiger partial charge in [-0.25, -0.2) is 0 Å². The van der Waals surface area contributed by atoms with Gasteiger partial charge in [-0.05, 0) is 54.0 Å². The number of nitrogens with two attached hydrogens (primary N) is 1. The molecular formula is C13H18ClIN2O. The van der Waals surface area contributed by atoms with Crippen molar-refractivity contribution in [3.05, 3.63) is 33.4 Å². The minimum atomic E-state index is 0. The molecule has 1 fully saturated rings. The lowest BCUT2D eigenvalue weighted by atomic mass is 10.0. The lowest BCUT2D eigenvalue weighted by molar-refractivity contribution is 0.0622. The second kappa shape index (κ2) is 7.31. The van der Waals surface area contributed by atoms with Gasteiger partial charge in [-0.2, -0.15) is 0 Å². The molecule has 0 aromatic heterocycles. The minimum absolute atomic E-state index is 0. The van der Waals surface area contributed by atoms with E-state index in [0.717, 1.165) is 28.5 Å². The molecule has 2 rings (SSSR count). The molecule has 1 atom stereocenters. The Balaban J connectivity index is 0.00000162. The first-order valence-electron chi connectivity index (χ1n) is 5.99. The molecule has 1 unspecified atom stereocenters. The van der Waals surface area contributed by atoms with Crippen LogP contribution in [-0.2, 0) is 0 Å². The monoisotopic (exact) mass is 380 g/mol. The van der Waals surface area contributed by atoms with Crippen LogP contribution >= 0.6 is 35.0 Å². The van der Waals surface area contributed by atoms with E-state index in [2.05, 4.69) is 22.6 Å². The average molecular weight is 381 g/mol. The van der Waals surface area contributed by atoms with E-state index in [1.807, 2.05) is 29.2 Å². The summed E-state index contributed by atoms with van der Waals surface area (Å²) in [6.07, 6.45) is 3.30. The van der Waals surface area contributed by atoms with E-state index in [1.54, 1.807) is 0 Å². The van der Waals surface area contributed by atoms with Crippen molar-refractivity contribution in [2.24, 2.45) is 5.73 Å². The fraction of sp³-hybridized carbons (Fsp3) is 0.462. The van der Waals surface area contributed by atoms with Crippen molar-refractivity contribution in [3.63, 3.8) is 0 Å². The van der Waals surface area contributed by atoms with Crippen molar-refractivity contribution >= 4 is 40.9 Å². The van der Waals surface area contributed by atoms with E-state index in [4.69, 9.17) is 5.73 Å². The molecule has 18 heavy (non-hydrogen) atoms. The van der Waals surface area contributed by atoms with Crippen molar-refractivity contribution in [2.45, 2.75) is 25.3 Å². The second-order valence-electron chi connectivity index (χ2n) is 4.36. The number of carbonyl (C=O) groups is 1. The number of likely N-dealkylation sites (tertiary alicyclic amines) is 1. The second-order valence-corrected chi connectivity index (χ2v) is 5.53. The van der Waals surface area contributed by atoms with Gasteiger partial charge < -0.3 is 10.6 Å². The van der Waals surface area contributed by atoms with E-state index in [-0.39, 0.29) is 24.4 Å². The summed E-state index contributed by atoms with van der Waals surface area (Å²) in [6, 6.07) is 7.94. The Kier molecular flexibility index (Phi) is 6.38. The molecule has 1 saturated heterocycles. The zero-order valence-electron chi connectivity index (χ0n) is 10.1. The smallest absolute Gasteiger partial charge is 0.255 e. The average Bonchev–Trinajstić information content (AvgIpc) is 2.38. The fourth-order valence-electron chi connectivity index (χ4n) is 2.30. The molecule has 1 aliphatic heterocycles. The van der Waals surface area contributed by atoms with Crippen LogP contribution in [-0.4, -0.2) is 29.9 Å². The molecule has 5 heteroatoms. The lowest BCUT2D eigenvalue weighted by Gasteiger charge is -2.35. The number of piperidine rings is 1. The van der Waals surface area contributed by atoms with Crippen molar-refractivity contribution in [1.82, 2.24) is 4.90 Å². The molecule has 0 radical (unpaired) electrons. The highest BCUT2D eigenvalue weighted by Gasteiger charge is 2.27. The number of carbonyl (C=O) groups excluding carboxylic acids is 1. The molecule has 1 amide bonds. The van der Waals surface area contributed by atoms with Crippen LogP contribution in [0.2, 0.25) is 0 Å². The standard InChI is InChI=1S/C13H17IN2O.ClH/c14-12-7-2-1-6-11(12)13(17)16-8-4-3-5-10(16)9-15;/h1-2,6-7,10H,3-5,8-9,15H2;1H. The Morgan fingerprint density at radius 3 is 2.78 bits per heavy atom. The fourth-order valence-corrected chi connectivity index (χ4v) is 2.92. The van der Waals surface area contributed by atoms with Gasteiger partial charge >= 0.3 is 0 Å². The highest BCUT2D eigenvalue weighted by molar-refractivity contribution is 14.1. The summed E-state index contributed by atoms with van der Waals surface area (Å²) < 4.78 is 1.01. The highest BCUT2D eigenvalue weighted by Crippen LogP contribution is 2.21. The quantitative estimate of drug-likeness (QED) is 0.802. The summed E-state index contributed by atoms with van der Waals surface area (Å²) in [4.78, 5) is 14.4. The van der Waals surface area contributed by atoms with Crippen LogP contribution in [0.3, 0.4) is 0 Å². The van der Waals surface area contributed by atoms with Crippen LogP contribution in [0.25, 0.3) is 0 Å². The van der Waals surface area contributed by atoms with Gasteiger partial charge in [0, 0.05) is 22.7 Å². The summed E-state index contributed by atoms with van der Waals surface area (Å²) >= 11 is 2.21. The van der Waals surface area contributed by atoms with Crippen LogP contribution in [0.1, 0.15) is 29.6 Å². The van der Waals surface area contributed by atoms with E-state index in [0.29, 0.717) is 6.54 Å². The highest BCUT2D eigenvalue weighted by atomic mass is 127. The normalized spacial score (nSPS) is 19.2. The Morgan fingerprint density at radius 2 is 2.11 bits per heavy atom. The summed E-state index contributed by atoms with van der Waals surface area (Å²) in [6.45, 7) is 1.40. The molecule has 1 aromatic carbocycles. The van der Waals surface area contributed by atoms with E-state index in [1.165, 1.54) is 6.42 Å². The van der Waals surface area contributed by atoms with Crippen LogP contribution in [0.15, 0.2) is 24.3 Å². The Bertz CT molecular complexity index is 414. The molecular weight excluding hydrogens is 363 g/mol. The Hall–Kier alpha value is -0.330. The molecule has 2 N–H and O–H groups in total. The third-order valence-corrected chi connectivity index (χ3v) is 4.21. The summed E-state index contributed by atoms with van der Waals surface area (Å²) in [7, 11) is 0. The number of benzene rings is 1. The largest absolute Gasteiger partial charge is 0.334 e. The molecule has 100 valence electrons. The summed E-state index contributed by atoms with van der Waals surface area (Å²) in [5.41, 5.74) is 6.55. The summed E-state index contributed by atoms with van der Waals surface area (Å²) in [5.74, 6) is 0.130. The van der Waals surface area contributed by atoms with Gasteiger partial charge in [0.15, 0.2) is 0 Å². The van der Waals surface area contributed by atoms with E-state index in [9.17, 15) is 4.79 Å². The molecule has 0 bridgehead atoms. The number of hydrogen-bond donors (Lipinski definition) is 1. The van der Waals surface area contributed by atoms with Crippen molar-refractivity contribution in [2.75, 3.05) is 13.1 Å². The first-order chi connectivity index (χ1) is 8.24. The van der Waals surface area contributed by atoms with Crippen molar-refractivity contribution < 1.29 is 4.79 Å². The maximum Gasteiger partial charge on any atom is 0.255 e. The number of hydrogen-bond acceptors (Lipinski definition) is 2. The topological polar surface area (TPSA) is 46.3 Å². The minimum Gasteiger partial charge on any atom is -0.334 e. The van der Waals surface area contributed by atoms with Gasteiger partial charge in [-0.15, -0.1) is 12.4 Å². The molecule has 1 heterocycles. The van der Waals surface area contributed by atoms with Gasteiger partial charge in [0.1, 0.15) is 0 Å². The molecule has 3 nitrogen and oxygen atoms in total. The van der Waals surface area contributed by atoms with Crippen molar-refractivity contribution in [1.29, 1.82) is 0 Å². The predicted molar refractivity (Wildman–Crippen MR) is 84.1 cm³/mol. The van der Waals surface area contributed by atoms with E-state index < -0.39 is 0 Å². The van der Waals surface area contributed by atoms with Gasteiger partial charge in [0.05, 0.1) is 5.56 Å². The number of nitrogens with zero attached hydrogens (tertiary/aromatic N) is 1. The molecule has 1 aliphatic rings. The Morgan fingerprint density at radius 1 is 1.39 bits per heavy atom. The van der Waals surface area contributed by atoms with E-state index >= 15 is 0 Å². The van der Waals surface area contributed by atoms with Gasteiger partial charge in [-0.1, -0.05) is 12.1 Å². The third-order valence-electron chi connectivity index (χ3n) is 3.26. The summed E-state index contributed by atoms with van der Waals surface area (Å²) in [5, 5.41) is 0. The van der Waals surface area contributed by atoms with Crippen LogP contribution in [0.5, 0.6) is 0 Å². The Labute approximate surface area is 128 Å². The first-order valence-corrected chi connectivity index (χ1v) is 7.07. The van der Waals surface area contributed by atoms with Crippen LogP contribution in [0.4, 0.5) is 0 Å². The molecule has 0 saturated carbocycles. The molecule has 0 spiro atoms. The zero-order valence-corrected chi connectivity index (χ0v) is 13.1. The van der Waals surface area contributed by atoms with Crippen molar-refractivity contribution in [3.8, 4) is 0 Å². The van der Waals surface area contributed by atoms with Crippen LogP contribution < -0.4 is 5.73 Å². The maximum absolute atomic E-state index is 12.5. The predicted octanol–water partition coefficient (Wildman–Crippen LogP) is 2.67.